The van der Waals surface area contributed by atoms with Crippen molar-refractivity contribution in [2.24, 2.45) is 0 Å². The highest BCUT2D eigenvalue weighted by molar-refractivity contribution is 6.10. The van der Waals surface area contributed by atoms with Crippen molar-refractivity contribution in [3.05, 3.63) is 84.4 Å². The summed E-state index contributed by atoms with van der Waals surface area (Å²) in [6.45, 7) is 1.28. The van der Waals surface area contributed by atoms with Crippen LogP contribution in [0, 0.1) is 0 Å². The Hall–Kier alpha value is -4.13. The number of carbonyl (C=O) groups excluding carboxylic acids is 3. The minimum absolute atomic E-state index is 0.251. The molecular formula is C26H25N3O4. The first-order valence-electron chi connectivity index (χ1n) is 10.6. The maximum atomic E-state index is 13.1. The Balaban J connectivity index is 1.41. The molecule has 7 nitrogen and oxygen atoms in total. The molecule has 0 aromatic heterocycles. The lowest BCUT2D eigenvalue weighted by molar-refractivity contribution is -0.133. The lowest BCUT2D eigenvalue weighted by Crippen LogP contribution is -2.46. The van der Waals surface area contributed by atoms with Crippen LogP contribution in [0.1, 0.15) is 12.5 Å². The third-order valence-corrected chi connectivity index (χ3v) is 5.66. The summed E-state index contributed by atoms with van der Waals surface area (Å²) in [5.74, 6) is -0.267. The smallest absolute Gasteiger partial charge is 0.325 e. The third kappa shape index (κ3) is 4.72. The van der Waals surface area contributed by atoms with Gasteiger partial charge >= 0.3 is 6.03 Å². The van der Waals surface area contributed by atoms with Crippen molar-refractivity contribution in [3.8, 4) is 16.9 Å². The molecule has 0 aliphatic carbocycles. The first kappa shape index (κ1) is 22.1. The Bertz CT molecular complexity index is 1180. The number of benzene rings is 3. The zero-order valence-electron chi connectivity index (χ0n) is 18.5. The van der Waals surface area contributed by atoms with Gasteiger partial charge in [0.1, 0.15) is 17.8 Å². The van der Waals surface area contributed by atoms with Gasteiger partial charge in [0.15, 0.2) is 0 Å². The Morgan fingerprint density at radius 3 is 2.27 bits per heavy atom. The van der Waals surface area contributed by atoms with Crippen LogP contribution in [0.4, 0.5) is 10.5 Å². The first-order chi connectivity index (χ1) is 15.9. The molecule has 0 radical (unpaired) electrons. The van der Waals surface area contributed by atoms with E-state index in [2.05, 4.69) is 10.6 Å². The molecule has 1 atom stereocenters. The number of ether oxygens (including phenoxy) is 1. The minimum Gasteiger partial charge on any atom is -0.496 e. The Kier molecular flexibility index (Phi) is 6.13. The fourth-order valence-electron chi connectivity index (χ4n) is 3.96. The number of hydrogen-bond donors (Lipinski definition) is 2. The number of methoxy groups -OCH3 is 1. The molecule has 33 heavy (non-hydrogen) atoms. The second kappa shape index (κ2) is 9.16. The zero-order valence-corrected chi connectivity index (χ0v) is 18.5. The molecular weight excluding hydrogens is 418 g/mol. The van der Waals surface area contributed by atoms with Gasteiger partial charge in [-0.15, -0.1) is 0 Å². The topological polar surface area (TPSA) is 87.7 Å². The summed E-state index contributed by atoms with van der Waals surface area (Å²) >= 11 is 0. The van der Waals surface area contributed by atoms with Crippen molar-refractivity contribution in [1.29, 1.82) is 0 Å². The van der Waals surface area contributed by atoms with Crippen LogP contribution < -0.4 is 15.4 Å². The number of nitrogens with zero attached hydrogens (tertiary/aromatic N) is 1. The summed E-state index contributed by atoms with van der Waals surface area (Å²) in [5, 5.41) is 5.48. The van der Waals surface area contributed by atoms with Gasteiger partial charge in [0.2, 0.25) is 5.91 Å². The van der Waals surface area contributed by atoms with Gasteiger partial charge in [-0.1, -0.05) is 60.7 Å². The Labute approximate surface area is 192 Å². The fourth-order valence-corrected chi connectivity index (χ4v) is 3.96. The molecule has 1 saturated heterocycles. The second-order valence-electron chi connectivity index (χ2n) is 8.13. The van der Waals surface area contributed by atoms with Crippen LogP contribution in [0.25, 0.3) is 11.1 Å². The summed E-state index contributed by atoms with van der Waals surface area (Å²) in [7, 11) is 1.55. The molecule has 1 aliphatic rings. The monoisotopic (exact) mass is 443 g/mol. The summed E-state index contributed by atoms with van der Waals surface area (Å²) in [6.07, 6.45) is 0.251. The van der Waals surface area contributed by atoms with E-state index in [9.17, 15) is 14.4 Å². The largest absolute Gasteiger partial charge is 0.496 e. The number of imide groups is 1. The molecule has 1 heterocycles. The number of carbonyl (C=O) groups is 3. The van der Waals surface area contributed by atoms with E-state index in [-0.39, 0.29) is 13.0 Å². The van der Waals surface area contributed by atoms with Gasteiger partial charge in [-0.05, 0) is 41.8 Å². The average Bonchev–Trinajstić information content (AvgIpc) is 3.03. The lowest BCUT2D eigenvalue weighted by atomic mass is 9.92. The van der Waals surface area contributed by atoms with Crippen LogP contribution in [0.15, 0.2) is 78.9 Å². The number of urea groups is 1. The molecule has 4 rings (SSSR count). The summed E-state index contributed by atoms with van der Waals surface area (Å²) < 4.78 is 5.36. The molecule has 0 bridgehead atoms. The minimum atomic E-state index is -1.16. The van der Waals surface area contributed by atoms with Crippen LogP contribution in [-0.4, -0.2) is 41.9 Å². The normalized spacial score (nSPS) is 17.6. The molecule has 0 unspecified atom stereocenters. The Morgan fingerprint density at radius 1 is 0.939 bits per heavy atom. The van der Waals surface area contributed by atoms with Crippen molar-refractivity contribution >= 4 is 23.5 Å². The standard InChI is InChI=1S/C26H25N3O4/c1-26(16-20-10-6-7-11-22(20)33-2)24(31)29(25(32)28-26)17-23(30)27-21-14-12-19(13-15-21)18-8-4-3-5-9-18/h3-15H,16-17H2,1-2H3,(H,27,30)(H,28,32)/t26-/m1/s1. The number of anilines is 1. The first-order valence-corrected chi connectivity index (χ1v) is 10.6. The predicted octanol–water partition coefficient (Wildman–Crippen LogP) is 3.85. The lowest BCUT2D eigenvalue weighted by Gasteiger charge is -2.22. The van der Waals surface area contributed by atoms with Gasteiger partial charge in [-0.2, -0.15) is 0 Å². The molecule has 0 saturated carbocycles. The van der Waals surface area contributed by atoms with E-state index in [1.54, 1.807) is 32.2 Å². The molecule has 0 spiro atoms. The van der Waals surface area contributed by atoms with Crippen molar-refractivity contribution in [2.45, 2.75) is 18.9 Å². The molecule has 3 aromatic rings. The Morgan fingerprint density at radius 2 is 1.58 bits per heavy atom. The van der Waals surface area contributed by atoms with Gasteiger partial charge in [-0.25, -0.2) is 4.79 Å². The van der Waals surface area contributed by atoms with E-state index in [0.717, 1.165) is 21.6 Å². The number of hydrogen-bond acceptors (Lipinski definition) is 4. The summed E-state index contributed by atoms with van der Waals surface area (Å²) in [4.78, 5) is 39.1. The van der Waals surface area contributed by atoms with E-state index in [0.29, 0.717) is 11.4 Å². The quantitative estimate of drug-likeness (QED) is 0.543. The third-order valence-electron chi connectivity index (χ3n) is 5.66. The van der Waals surface area contributed by atoms with Gasteiger partial charge < -0.3 is 15.4 Å². The molecule has 168 valence electrons. The average molecular weight is 444 g/mol. The maximum absolute atomic E-state index is 13.1. The fraction of sp³-hybridized carbons (Fsp3) is 0.192. The van der Waals surface area contributed by atoms with Gasteiger partial charge in [0.25, 0.3) is 5.91 Å². The van der Waals surface area contributed by atoms with Gasteiger partial charge in [0.05, 0.1) is 7.11 Å². The molecule has 4 amide bonds. The number of para-hydroxylation sites is 1. The van der Waals surface area contributed by atoms with E-state index < -0.39 is 23.4 Å². The number of amides is 4. The SMILES string of the molecule is COc1ccccc1C[C@@]1(C)NC(=O)N(CC(=O)Nc2ccc(-c3ccccc3)cc2)C1=O. The number of rotatable bonds is 7. The van der Waals surface area contributed by atoms with Gasteiger partial charge in [-0.3, -0.25) is 14.5 Å². The van der Waals surface area contributed by atoms with Gasteiger partial charge in [0, 0.05) is 12.1 Å². The molecule has 7 heteroatoms. The van der Waals surface area contributed by atoms with E-state index >= 15 is 0 Å². The zero-order chi connectivity index (χ0) is 23.4. The molecule has 3 aromatic carbocycles. The van der Waals surface area contributed by atoms with Crippen molar-refractivity contribution < 1.29 is 19.1 Å². The van der Waals surface area contributed by atoms with Crippen LogP contribution in [-0.2, 0) is 16.0 Å². The molecule has 2 N–H and O–H groups in total. The maximum Gasteiger partial charge on any atom is 0.325 e. The van der Waals surface area contributed by atoms with Crippen LogP contribution in [0.2, 0.25) is 0 Å². The highest BCUT2D eigenvalue weighted by atomic mass is 16.5. The van der Waals surface area contributed by atoms with E-state index in [1.165, 1.54) is 0 Å². The molecule has 1 fully saturated rings. The summed E-state index contributed by atoms with van der Waals surface area (Å²) in [5.41, 5.74) is 2.31. The number of nitrogens with one attached hydrogen (secondary N) is 2. The van der Waals surface area contributed by atoms with Crippen LogP contribution >= 0.6 is 0 Å². The van der Waals surface area contributed by atoms with E-state index in [1.807, 2.05) is 60.7 Å². The van der Waals surface area contributed by atoms with E-state index in [4.69, 9.17) is 4.74 Å². The molecule has 1 aliphatic heterocycles. The predicted molar refractivity (Wildman–Crippen MR) is 126 cm³/mol. The van der Waals surface area contributed by atoms with Crippen LogP contribution in [0.5, 0.6) is 5.75 Å². The van der Waals surface area contributed by atoms with Crippen LogP contribution in [0.3, 0.4) is 0 Å². The second-order valence-corrected chi connectivity index (χ2v) is 8.13. The highest BCUT2D eigenvalue weighted by Crippen LogP contribution is 2.27. The van der Waals surface area contributed by atoms with Crippen molar-refractivity contribution in [1.82, 2.24) is 10.2 Å². The van der Waals surface area contributed by atoms with Crippen molar-refractivity contribution in [3.63, 3.8) is 0 Å². The van der Waals surface area contributed by atoms with Crippen molar-refractivity contribution in [2.75, 3.05) is 19.0 Å². The summed E-state index contributed by atoms with van der Waals surface area (Å²) in [6, 6.07) is 24.0. The highest BCUT2D eigenvalue weighted by Gasteiger charge is 2.48.